The van der Waals surface area contributed by atoms with Crippen molar-refractivity contribution in [1.82, 2.24) is 0 Å². The van der Waals surface area contributed by atoms with Crippen molar-refractivity contribution in [2.24, 2.45) is 5.92 Å². The van der Waals surface area contributed by atoms with E-state index in [0.717, 1.165) is 48.2 Å². The van der Waals surface area contributed by atoms with Crippen molar-refractivity contribution in [2.45, 2.75) is 40.0 Å². The first kappa shape index (κ1) is 14.6. The van der Waals surface area contributed by atoms with E-state index in [1.807, 2.05) is 12.1 Å². The van der Waals surface area contributed by atoms with E-state index in [1.165, 1.54) is 0 Å². The quantitative estimate of drug-likeness (QED) is 0.752. The molecule has 0 aliphatic carbocycles. The number of methoxy groups -OCH3 is 1. The van der Waals surface area contributed by atoms with E-state index >= 15 is 0 Å². The molecule has 0 spiro atoms. The Morgan fingerprint density at radius 2 is 2.06 bits per heavy atom. The van der Waals surface area contributed by atoms with Gasteiger partial charge in [0.05, 0.1) is 7.11 Å². The van der Waals surface area contributed by atoms with Gasteiger partial charge < -0.3 is 10.1 Å². The van der Waals surface area contributed by atoms with E-state index in [0.29, 0.717) is 5.92 Å². The highest BCUT2D eigenvalue weighted by molar-refractivity contribution is 5.74. The van der Waals surface area contributed by atoms with Gasteiger partial charge in [-0.3, -0.25) is 4.79 Å². The molecule has 0 atom stereocenters. The van der Waals surface area contributed by atoms with Crippen LogP contribution < -0.4 is 10.1 Å². The van der Waals surface area contributed by atoms with Crippen LogP contribution in [-0.2, 0) is 17.6 Å². The predicted octanol–water partition coefficient (Wildman–Crippen LogP) is 3.41. The van der Waals surface area contributed by atoms with Crippen LogP contribution in [0.2, 0.25) is 0 Å². The lowest BCUT2D eigenvalue weighted by molar-refractivity contribution is -0.105. The molecular weight excluding hydrogens is 226 g/mol. The zero-order valence-corrected chi connectivity index (χ0v) is 11.7. The van der Waals surface area contributed by atoms with Gasteiger partial charge in [-0.25, -0.2) is 0 Å². The Morgan fingerprint density at radius 1 is 1.33 bits per heavy atom. The number of aryl methyl sites for hydroxylation is 1. The minimum Gasteiger partial charge on any atom is -0.496 e. The summed E-state index contributed by atoms with van der Waals surface area (Å²) >= 11 is 0. The van der Waals surface area contributed by atoms with E-state index in [4.69, 9.17) is 4.74 Å². The summed E-state index contributed by atoms with van der Waals surface area (Å²) in [6.45, 7) is 6.47. The van der Waals surface area contributed by atoms with Gasteiger partial charge in [-0.15, -0.1) is 0 Å². The second-order valence-electron chi connectivity index (χ2n) is 4.93. The van der Waals surface area contributed by atoms with Crippen LogP contribution in [0.1, 0.15) is 38.3 Å². The summed E-state index contributed by atoms with van der Waals surface area (Å²) in [5.74, 6) is 1.48. The van der Waals surface area contributed by atoms with Crippen LogP contribution in [0.15, 0.2) is 12.1 Å². The van der Waals surface area contributed by atoms with Gasteiger partial charge >= 0.3 is 0 Å². The summed E-state index contributed by atoms with van der Waals surface area (Å²) in [6.07, 6.45) is 3.66. The van der Waals surface area contributed by atoms with Crippen LogP contribution in [0.5, 0.6) is 5.75 Å². The Kier molecular flexibility index (Phi) is 5.69. The fourth-order valence-corrected chi connectivity index (χ4v) is 2.13. The first-order valence-electron chi connectivity index (χ1n) is 6.52. The van der Waals surface area contributed by atoms with Crippen molar-refractivity contribution in [2.75, 3.05) is 12.4 Å². The van der Waals surface area contributed by atoms with Crippen LogP contribution in [0.25, 0.3) is 0 Å². The molecule has 1 aromatic rings. The summed E-state index contributed by atoms with van der Waals surface area (Å²) in [7, 11) is 1.70. The van der Waals surface area contributed by atoms with E-state index in [1.54, 1.807) is 7.11 Å². The van der Waals surface area contributed by atoms with Gasteiger partial charge in [-0.2, -0.15) is 0 Å². The number of rotatable bonds is 7. The van der Waals surface area contributed by atoms with Crippen LogP contribution >= 0.6 is 0 Å². The third-order valence-electron chi connectivity index (χ3n) is 2.87. The van der Waals surface area contributed by atoms with Crippen molar-refractivity contribution in [3.05, 3.63) is 23.3 Å². The maximum atomic E-state index is 10.7. The van der Waals surface area contributed by atoms with Gasteiger partial charge in [0.25, 0.3) is 0 Å². The third-order valence-corrected chi connectivity index (χ3v) is 2.87. The van der Waals surface area contributed by atoms with Crippen LogP contribution in [0.4, 0.5) is 5.69 Å². The van der Waals surface area contributed by atoms with Crippen LogP contribution in [0, 0.1) is 5.92 Å². The van der Waals surface area contributed by atoms with E-state index in [9.17, 15) is 4.79 Å². The minimum atomic E-state index is 0.556. The second kappa shape index (κ2) is 7.04. The summed E-state index contributed by atoms with van der Waals surface area (Å²) in [6, 6.07) is 4.09. The molecule has 0 fully saturated rings. The normalized spacial score (nSPS) is 10.5. The highest BCUT2D eigenvalue weighted by Gasteiger charge is 2.11. The zero-order valence-electron chi connectivity index (χ0n) is 11.7. The van der Waals surface area contributed by atoms with Crippen LogP contribution in [-0.4, -0.2) is 13.5 Å². The van der Waals surface area contributed by atoms with Gasteiger partial charge in [0.2, 0.25) is 6.41 Å². The van der Waals surface area contributed by atoms with Crippen molar-refractivity contribution in [3.63, 3.8) is 0 Å². The van der Waals surface area contributed by atoms with Crippen molar-refractivity contribution in [1.29, 1.82) is 0 Å². The second-order valence-corrected chi connectivity index (χ2v) is 4.93. The molecule has 1 rings (SSSR count). The molecule has 1 aromatic carbocycles. The Morgan fingerprint density at radius 3 is 2.56 bits per heavy atom. The SMILES string of the molecule is CCCc1cc(OC)c(CC(C)C)cc1NC=O. The first-order valence-corrected chi connectivity index (χ1v) is 6.52. The smallest absolute Gasteiger partial charge is 0.211 e. The number of ether oxygens (including phenoxy) is 1. The molecule has 0 saturated carbocycles. The van der Waals surface area contributed by atoms with Gasteiger partial charge in [0.1, 0.15) is 5.75 Å². The van der Waals surface area contributed by atoms with Gasteiger partial charge in [0, 0.05) is 5.69 Å². The molecule has 100 valence electrons. The highest BCUT2D eigenvalue weighted by atomic mass is 16.5. The number of carbonyl (C=O) groups excluding carboxylic acids is 1. The number of benzene rings is 1. The molecule has 0 radical (unpaired) electrons. The molecule has 0 saturated heterocycles. The Hall–Kier alpha value is -1.51. The molecule has 0 aliphatic rings. The topological polar surface area (TPSA) is 38.3 Å². The number of nitrogens with one attached hydrogen (secondary N) is 1. The van der Waals surface area contributed by atoms with Crippen molar-refractivity contribution < 1.29 is 9.53 Å². The van der Waals surface area contributed by atoms with Gasteiger partial charge in [0.15, 0.2) is 0 Å². The zero-order chi connectivity index (χ0) is 13.5. The van der Waals surface area contributed by atoms with E-state index in [2.05, 4.69) is 26.1 Å². The molecule has 3 nitrogen and oxygen atoms in total. The number of carbonyl (C=O) groups is 1. The molecule has 0 aliphatic heterocycles. The van der Waals surface area contributed by atoms with E-state index in [-0.39, 0.29) is 0 Å². The molecule has 0 heterocycles. The molecule has 3 heteroatoms. The molecule has 0 aromatic heterocycles. The molecule has 1 N–H and O–H groups in total. The average molecular weight is 249 g/mol. The maximum Gasteiger partial charge on any atom is 0.211 e. The van der Waals surface area contributed by atoms with Gasteiger partial charge in [-0.05, 0) is 42.0 Å². The fraction of sp³-hybridized carbons (Fsp3) is 0.533. The fourth-order valence-electron chi connectivity index (χ4n) is 2.13. The maximum absolute atomic E-state index is 10.7. The standard InChI is InChI=1S/C15H23NO2/c1-5-6-12-9-15(18-4)13(7-11(2)3)8-14(12)16-10-17/h8-11H,5-7H2,1-4H3,(H,16,17). The van der Waals surface area contributed by atoms with Crippen molar-refractivity contribution >= 4 is 12.1 Å². The Bertz CT molecular complexity index is 400. The van der Waals surface area contributed by atoms with Crippen LogP contribution in [0.3, 0.4) is 0 Å². The number of anilines is 1. The lowest BCUT2D eigenvalue weighted by Gasteiger charge is -2.16. The molecule has 0 unspecified atom stereocenters. The minimum absolute atomic E-state index is 0.556. The van der Waals surface area contributed by atoms with Gasteiger partial charge in [-0.1, -0.05) is 27.2 Å². The number of hydrogen-bond acceptors (Lipinski definition) is 2. The first-order chi connectivity index (χ1) is 8.62. The highest BCUT2D eigenvalue weighted by Crippen LogP contribution is 2.29. The molecule has 0 bridgehead atoms. The summed E-state index contributed by atoms with van der Waals surface area (Å²) in [4.78, 5) is 10.7. The molecular formula is C15H23NO2. The molecule has 1 amide bonds. The Labute approximate surface area is 110 Å². The number of hydrogen-bond donors (Lipinski definition) is 1. The lowest BCUT2D eigenvalue weighted by Crippen LogP contribution is -2.04. The monoisotopic (exact) mass is 249 g/mol. The van der Waals surface area contributed by atoms with E-state index < -0.39 is 0 Å². The number of amides is 1. The predicted molar refractivity (Wildman–Crippen MR) is 75.2 cm³/mol. The summed E-state index contributed by atoms with van der Waals surface area (Å²) in [5, 5.41) is 2.79. The van der Waals surface area contributed by atoms with Crippen molar-refractivity contribution in [3.8, 4) is 5.75 Å². The Balaban J connectivity index is 3.17. The lowest BCUT2D eigenvalue weighted by atomic mass is 9.97. The molecule has 18 heavy (non-hydrogen) atoms. The summed E-state index contributed by atoms with van der Waals surface area (Å²) < 4.78 is 5.45. The largest absolute Gasteiger partial charge is 0.496 e. The average Bonchev–Trinajstić information content (AvgIpc) is 2.32. The summed E-state index contributed by atoms with van der Waals surface area (Å²) in [5.41, 5.74) is 3.19. The third kappa shape index (κ3) is 3.76.